The molecule has 0 fully saturated rings. The van der Waals surface area contributed by atoms with E-state index in [4.69, 9.17) is 4.74 Å². The van der Waals surface area contributed by atoms with E-state index in [1.807, 2.05) is 30.3 Å². The molecule has 0 bridgehead atoms. The molecular formula is C11H15O2P. The van der Waals surface area contributed by atoms with Gasteiger partial charge in [-0.1, -0.05) is 18.2 Å². The molecular weight excluding hydrogens is 195 g/mol. The van der Waals surface area contributed by atoms with Crippen LogP contribution in [0.2, 0.25) is 0 Å². The molecule has 1 aromatic rings. The highest BCUT2D eigenvalue weighted by molar-refractivity contribution is 7.23. The van der Waals surface area contributed by atoms with Crippen LogP contribution in [-0.4, -0.2) is 12.8 Å². The Morgan fingerprint density at radius 1 is 1.07 bits per heavy atom. The number of hydrogen-bond donors (Lipinski definition) is 0. The third kappa shape index (κ3) is 4.98. The summed E-state index contributed by atoms with van der Waals surface area (Å²) < 4.78 is 15.6. The van der Waals surface area contributed by atoms with Crippen molar-refractivity contribution in [2.24, 2.45) is 0 Å². The van der Waals surface area contributed by atoms with Crippen molar-refractivity contribution in [1.29, 1.82) is 0 Å². The van der Waals surface area contributed by atoms with Crippen molar-refractivity contribution in [3.8, 4) is 5.75 Å². The van der Waals surface area contributed by atoms with Gasteiger partial charge < -0.3 is 4.74 Å². The van der Waals surface area contributed by atoms with Crippen LogP contribution in [0.1, 0.15) is 19.3 Å². The molecule has 0 aromatic heterocycles. The van der Waals surface area contributed by atoms with E-state index in [0.717, 1.165) is 37.8 Å². The van der Waals surface area contributed by atoms with Crippen molar-refractivity contribution in [3.63, 3.8) is 0 Å². The molecule has 1 rings (SSSR count). The second-order valence-corrected chi connectivity index (χ2v) is 3.78. The highest BCUT2D eigenvalue weighted by atomic mass is 31.1. The van der Waals surface area contributed by atoms with E-state index in [-0.39, 0.29) is 8.46 Å². The third-order valence-corrected chi connectivity index (χ3v) is 2.40. The summed E-state index contributed by atoms with van der Waals surface area (Å²) in [5.74, 6) is 0.925. The van der Waals surface area contributed by atoms with Gasteiger partial charge in [0.25, 0.3) is 0 Å². The van der Waals surface area contributed by atoms with Crippen LogP contribution in [0.25, 0.3) is 0 Å². The molecule has 0 aliphatic carbocycles. The molecule has 0 saturated heterocycles. The summed E-state index contributed by atoms with van der Waals surface area (Å²) in [5, 5.41) is 0. The Morgan fingerprint density at radius 2 is 1.86 bits per heavy atom. The van der Waals surface area contributed by atoms with Crippen molar-refractivity contribution in [3.05, 3.63) is 30.3 Å². The van der Waals surface area contributed by atoms with Crippen molar-refractivity contribution < 1.29 is 9.30 Å². The second kappa shape index (κ2) is 7.52. The maximum absolute atomic E-state index is 10.1. The maximum Gasteiger partial charge on any atom is 0.155 e. The standard InChI is InChI=1S/C11H15O2P/c12-14-10-6-2-5-9-13-11-7-3-1-4-8-11/h1,3-4,7-8H,2,5-6,9-10H2. The quantitative estimate of drug-likeness (QED) is 0.508. The number of benzene rings is 1. The first kappa shape index (κ1) is 11.2. The Kier molecular flexibility index (Phi) is 6.01. The van der Waals surface area contributed by atoms with E-state index < -0.39 is 0 Å². The van der Waals surface area contributed by atoms with Gasteiger partial charge in [-0.15, -0.1) is 0 Å². The summed E-state index contributed by atoms with van der Waals surface area (Å²) in [6.07, 6.45) is 3.90. The van der Waals surface area contributed by atoms with Gasteiger partial charge in [-0.2, -0.15) is 0 Å². The van der Waals surface area contributed by atoms with Gasteiger partial charge in [0, 0.05) is 6.16 Å². The van der Waals surface area contributed by atoms with Crippen LogP contribution >= 0.6 is 8.46 Å². The molecule has 0 heterocycles. The maximum atomic E-state index is 10.1. The fourth-order valence-corrected chi connectivity index (χ4v) is 1.51. The van der Waals surface area contributed by atoms with E-state index in [1.54, 1.807) is 0 Å². The molecule has 0 saturated carbocycles. The predicted octanol–water partition coefficient (Wildman–Crippen LogP) is 3.53. The highest BCUT2D eigenvalue weighted by Crippen LogP contribution is 2.09. The van der Waals surface area contributed by atoms with Gasteiger partial charge in [0.15, 0.2) is 8.46 Å². The Morgan fingerprint density at radius 3 is 2.57 bits per heavy atom. The van der Waals surface area contributed by atoms with E-state index in [1.165, 1.54) is 0 Å². The molecule has 0 aliphatic heterocycles. The fraction of sp³-hybridized carbons (Fsp3) is 0.455. The molecule has 0 spiro atoms. The monoisotopic (exact) mass is 210 g/mol. The predicted molar refractivity (Wildman–Crippen MR) is 58.3 cm³/mol. The first-order valence-electron chi connectivity index (χ1n) is 4.90. The fourth-order valence-electron chi connectivity index (χ4n) is 1.16. The molecule has 1 aromatic carbocycles. The largest absolute Gasteiger partial charge is 0.494 e. The van der Waals surface area contributed by atoms with E-state index in [0.29, 0.717) is 0 Å². The SMILES string of the molecule is O=PCCCCCOc1ccccc1. The topological polar surface area (TPSA) is 26.3 Å². The Hall–Kier alpha value is -0.880. The Bertz CT molecular complexity index is 249. The smallest absolute Gasteiger partial charge is 0.155 e. The molecule has 0 atom stereocenters. The van der Waals surface area contributed by atoms with Crippen molar-refractivity contribution in [2.75, 3.05) is 12.8 Å². The highest BCUT2D eigenvalue weighted by Gasteiger charge is 1.92. The van der Waals surface area contributed by atoms with E-state index >= 15 is 0 Å². The van der Waals surface area contributed by atoms with Crippen LogP contribution in [0.4, 0.5) is 0 Å². The molecule has 76 valence electrons. The molecule has 0 unspecified atom stereocenters. The molecule has 0 radical (unpaired) electrons. The first-order valence-corrected chi connectivity index (χ1v) is 5.90. The summed E-state index contributed by atoms with van der Waals surface area (Å²) in [6, 6.07) is 9.81. The normalized spacial score (nSPS) is 10.3. The zero-order valence-electron chi connectivity index (χ0n) is 8.19. The van der Waals surface area contributed by atoms with Gasteiger partial charge in [0.1, 0.15) is 5.75 Å². The Balaban J connectivity index is 2.02. The lowest BCUT2D eigenvalue weighted by Crippen LogP contribution is -1.96. The molecule has 0 N–H and O–H groups in total. The molecule has 0 amide bonds. The number of para-hydroxylation sites is 1. The van der Waals surface area contributed by atoms with Crippen molar-refractivity contribution in [1.82, 2.24) is 0 Å². The lowest BCUT2D eigenvalue weighted by atomic mass is 10.3. The van der Waals surface area contributed by atoms with Gasteiger partial charge in [0.05, 0.1) is 6.61 Å². The van der Waals surface area contributed by atoms with Crippen LogP contribution in [0.3, 0.4) is 0 Å². The molecule has 14 heavy (non-hydrogen) atoms. The zero-order valence-corrected chi connectivity index (χ0v) is 9.08. The number of ether oxygens (including phenoxy) is 1. The summed E-state index contributed by atoms with van der Waals surface area (Å²) in [5.41, 5.74) is 0. The minimum absolute atomic E-state index is 0.258. The average molecular weight is 210 g/mol. The second-order valence-electron chi connectivity index (χ2n) is 3.07. The molecule has 3 heteroatoms. The van der Waals surface area contributed by atoms with Crippen LogP contribution in [-0.2, 0) is 4.57 Å². The van der Waals surface area contributed by atoms with Crippen LogP contribution < -0.4 is 4.74 Å². The van der Waals surface area contributed by atoms with Gasteiger partial charge in [-0.25, -0.2) is 0 Å². The number of hydrogen-bond acceptors (Lipinski definition) is 2. The summed E-state index contributed by atoms with van der Waals surface area (Å²) in [6.45, 7) is 0.750. The number of rotatable bonds is 7. The van der Waals surface area contributed by atoms with Crippen molar-refractivity contribution in [2.45, 2.75) is 19.3 Å². The molecule has 0 aliphatic rings. The minimum atomic E-state index is 0.258. The van der Waals surface area contributed by atoms with Crippen molar-refractivity contribution >= 4 is 8.46 Å². The third-order valence-electron chi connectivity index (χ3n) is 1.91. The summed E-state index contributed by atoms with van der Waals surface area (Å²) in [7, 11) is 0.258. The minimum Gasteiger partial charge on any atom is -0.494 e. The lowest BCUT2D eigenvalue weighted by Gasteiger charge is -2.04. The summed E-state index contributed by atoms with van der Waals surface area (Å²) >= 11 is 0. The van der Waals surface area contributed by atoms with E-state index in [9.17, 15) is 4.57 Å². The van der Waals surface area contributed by atoms with Crippen LogP contribution in [0.5, 0.6) is 5.75 Å². The first-order chi connectivity index (χ1) is 6.93. The van der Waals surface area contributed by atoms with Crippen LogP contribution in [0.15, 0.2) is 30.3 Å². The van der Waals surface area contributed by atoms with Crippen LogP contribution in [0, 0.1) is 0 Å². The van der Waals surface area contributed by atoms with Gasteiger partial charge >= 0.3 is 0 Å². The lowest BCUT2D eigenvalue weighted by molar-refractivity contribution is 0.306. The van der Waals surface area contributed by atoms with Gasteiger partial charge in [0.2, 0.25) is 0 Å². The average Bonchev–Trinajstić information content (AvgIpc) is 2.25. The van der Waals surface area contributed by atoms with E-state index in [2.05, 4.69) is 0 Å². The van der Waals surface area contributed by atoms with Gasteiger partial charge in [-0.05, 0) is 31.4 Å². The molecule has 2 nitrogen and oxygen atoms in total. The summed E-state index contributed by atoms with van der Waals surface area (Å²) in [4.78, 5) is 0. The van der Waals surface area contributed by atoms with Gasteiger partial charge in [-0.3, -0.25) is 4.57 Å². The zero-order chi connectivity index (χ0) is 10.1. The Labute approximate surface area is 86.5 Å². The number of unbranched alkanes of at least 4 members (excludes halogenated alkanes) is 2.